The number of fused-ring (bicyclic) bond motifs is 1. The standard InChI is InChI=1S/C20H27N3O2/c1-20(9-10-20)19(25)22-12-8-17-15(14-22)5-6-18(24)23(17)13-7-16-4-2-3-11-21-16/h2-4,11,15,17H,5-10,12-14H2,1H3. The summed E-state index contributed by atoms with van der Waals surface area (Å²) in [5, 5.41) is 0. The van der Waals surface area contributed by atoms with Crippen molar-refractivity contribution < 1.29 is 9.59 Å². The molecule has 2 amide bonds. The van der Waals surface area contributed by atoms with Crippen LogP contribution in [0.2, 0.25) is 0 Å². The Hall–Kier alpha value is -1.91. The van der Waals surface area contributed by atoms with E-state index in [1.807, 2.05) is 18.2 Å². The average Bonchev–Trinajstić information content (AvgIpc) is 3.39. The van der Waals surface area contributed by atoms with Gasteiger partial charge in [-0.3, -0.25) is 14.6 Å². The molecular weight excluding hydrogens is 314 g/mol. The van der Waals surface area contributed by atoms with Crippen molar-refractivity contribution in [3.63, 3.8) is 0 Å². The minimum atomic E-state index is -0.0873. The van der Waals surface area contributed by atoms with Crippen LogP contribution < -0.4 is 0 Å². The number of carbonyl (C=O) groups excluding carboxylic acids is 2. The summed E-state index contributed by atoms with van der Waals surface area (Å²) in [4.78, 5) is 33.6. The van der Waals surface area contributed by atoms with Crippen LogP contribution in [0.5, 0.6) is 0 Å². The smallest absolute Gasteiger partial charge is 0.228 e. The maximum Gasteiger partial charge on any atom is 0.228 e. The van der Waals surface area contributed by atoms with E-state index in [9.17, 15) is 9.59 Å². The lowest BCUT2D eigenvalue weighted by atomic mass is 9.83. The van der Waals surface area contributed by atoms with Crippen LogP contribution in [0.3, 0.4) is 0 Å². The lowest BCUT2D eigenvalue weighted by molar-refractivity contribution is -0.146. The number of rotatable bonds is 4. The Morgan fingerprint density at radius 3 is 2.88 bits per heavy atom. The summed E-state index contributed by atoms with van der Waals surface area (Å²) < 4.78 is 0. The van der Waals surface area contributed by atoms with Crippen LogP contribution >= 0.6 is 0 Å². The van der Waals surface area contributed by atoms with Gasteiger partial charge >= 0.3 is 0 Å². The number of hydrogen-bond acceptors (Lipinski definition) is 3. The van der Waals surface area contributed by atoms with E-state index in [0.29, 0.717) is 24.3 Å². The summed E-state index contributed by atoms with van der Waals surface area (Å²) in [6, 6.07) is 6.22. The Kier molecular flexibility index (Phi) is 4.26. The molecule has 3 fully saturated rings. The maximum atomic E-state index is 12.7. The predicted molar refractivity (Wildman–Crippen MR) is 94.7 cm³/mol. The molecule has 0 N–H and O–H groups in total. The number of nitrogens with zero attached hydrogens (tertiary/aromatic N) is 3. The van der Waals surface area contributed by atoms with Gasteiger partial charge in [-0.25, -0.2) is 0 Å². The van der Waals surface area contributed by atoms with Crippen molar-refractivity contribution in [1.29, 1.82) is 0 Å². The van der Waals surface area contributed by atoms with Gasteiger partial charge in [0.15, 0.2) is 0 Å². The lowest BCUT2D eigenvalue weighted by Crippen LogP contribution is -2.57. The SMILES string of the molecule is CC1(C(=O)N2CCC3C(CCC(=O)N3CCc3ccccn3)C2)CC1. The Morgan fingerprint density at radius 2 is 2.16 bits per heavy atom. The highest BCUT2D eigenvalue weighted by molar-refractivity contribution is 5.85. The third-order valence-corrected chi connectivity index (χ3v) is 6.28. The van der Waals surface area contributed by atoms with Crippen molar-refractivity contribution in [2.45, 2.75) is 51.5 Å². The van der Waals surface area contributed by atoms with Gasteiger partial charge in [0, 0.05) is 55.8 Å². The molecule has 1 aromatic rings. The first-order chi connectivity index (χ1) is 12.1. The maximum absolute atomic E-state index is 12.7. The second-order valence-corrected chi connectivity index (χ2v) is 8.12. The molecular formula is C20H27N3O2. The van der Waals surface area contributed by atoms with E-state index in [2.05, 4.69) is 21.7 Å². The Bertz CT molecular complexity index is 656. The van der Waals surface area contributed by atoms with Crippen LogP contribution in [0.4, 0.5) is 0 Å². The van der Waals surface area contributed by atoms with E-state index < -0.39 is 0 Å². The molecule has 5 heteroatoms. The summed E-state index contributed by atoms with van der Waals surface area (Å²) in [6.45, 7) is 4.45. The van der Waals surface area contributed by atoms with E-state index in [0.717, 1.165) is 57.4 Å². The first-order valence-corrected chi connectivity index (χ1v) is 9.56. The molecule has 1 aliphatic carbocycles. The minimum Gasteiger partial charge on any atom is -0.342 e. The number of piperidine rings is 2. The first kappa shape index (κ1) is 16.6. The summed E-state index contributed by atoms with van der Waals surface area (Å²) in [5.74, 6) is 1.04. The number of likely N-dealkylation sites (tertiary alicyclic amines) is 2. The fourth-order valence-electron chi connectivity index (χ4n) is 4.39. The molecule has 3 heterocycles. The minimum absolute atomic E-state index is 0.0873. The fourth-order valence-corrected chi connectivity index (χ4v) is 4.39. The van der Waals surface area contributed by atoms with Gasteiger partial charge in [-0.05, 0) is 43.7 Å². The van der Waals surface area contributed by atoms with Gasteiger partial charge in [0.25, 0.3) is 0 Å². The van der Waals surface area contributed by atoms with Gasteiger partial charge in [0.05, 0.1) is 0 Å². The number of amides is 2. The normalized spacial score (nSPS) is 27.8. The third-order valence-electron chi connectivity index (χ3n) is 6.28. The molecule has 2 unspecified atom stereocenters. The number of aromatic nitrogens is 1. The van der Waals surface area contributed by atoms with Gasteiger partial charge in [-0.2, -0.15) is 0 Å². The summed E-state index contributed by atoms with van der Waals surface area (Å²) in [5.41, 5.74) is 0.947. The molecule has 0 radical (unpaired) electrons. The number of pyridine rings is 1. The molecule has 4 rings (SSSR count). The summed E-state index contributed by atoms with van der Waals surface area (Å²) in [7, 11) is 0. The number of hydrogen-bond donors (Lipinski definition) is 0. The van der Waals surface area contributed by atoms with E-state index in [4.69, 9.17) is 0 Å². The van der Waals surface area contributed by atoms with Crippen LogP contribution in [-0.2, 0) is 16.0 Å². The van der Waals surface area contributed by atoms with Crippen molar-refractivity contribution >= 4 is 11.8 Å². The van der Waals surface area contributed by atoms with Gasteiger partial charge < -0.3 is 9.80 Å². The quantitative estimate of drug-likeness (QED) is 0.844. The highest BCUT2D eigenvalue weighted by atomic mass is 16.2. The Balaban J connectivity index is 1.40. The Labute approximate surface area is 149 Å². The van der Waals surface area contributed by atoms with Crippen molar-refractivity contribution in [3.05, 3.63) is 30.1 Å². The molecule has 2 saturated heterocycles. The van der Waals surface area contributed by atoms with Crippen LogP contribution in [-0.4, -0.2) is 52.3 Å². The van der Waals surface area contributed by atoms with Crippen molar-refractivity contribution in [2.24, 2.45) is 11.3 Å². The predicted octanol–water partition coefficient (Wildman–Crippen LogP) is 2.26. The topological polar surface area (TPSA) is 53.5 Å². The van der Waals surface area contributed by atoms with Gasteiger partial charge in [0.2, 0.25) is 11.8 Å². The lowest BCUT2D eigenvalue weighted by Gasteiger charge is -2.47. The van der Waals surface area contributed by atoms with Crippen LogP contribution in [0.15, 0.2) is 24.4 Å². The second kappa shape index (κ2) is 6.43. The zero-order valence-corrected chi connectivity index (χ0v) is 15.0. The summed E-state index contributed by atoms with van der Waals surface area (Å²) >= 11 is 0. The van der Waals surface area contributed by atoms with E-state index in [1.165, 1.54) is 0 Å². The third kappa shape index (κ3) is 3.29. The first-order valence-electron chi connectivity index (χ1n) is 9.56. The van der Waals surface area contributed by atoms with Crippen molar-refractivity contribution in [3.8, 4) is 0 Å². The van der Waals surface area contributed by atoms with E-state index in [1.54, 1.807) is 6.20 Å². The van der Waals surface area contributed by atoms with Gasteiger partial charge in [0.1, 0.15) is 0 Å². The molecule has 0 spiro atoms. The average molecular weight is 341 g/mol. The molecule has 3 aliphatic rings. The van der Waals surface area contributed by atoms with Crippen molar-refractivity contribution in [1.82, 2.24) is 14.8 Å². The van der Waals surface area contributed by atoms with E-state index >= 15 is 0 Å². The van der Waals surface area contributed by atoms with Gasteiger partial charge in [-0.1, -0.05) is 13.0 Å². The van der Waals surface area contributed by atoms with E-state index in [-0.39, 0.29) is 11.3 Å². The molecule has 134 valence electrons. The molecule has 0 bridgehead atoms. The fraction of sp³-hybridized carbons (Fsp3) is 0.650. The zero-order valence-electron chi connectivity index (χ0n) is 15.0. The van der Waals surface area contributed by atoms with Crippen LogP contribution in [0.25, 0.3) is 0 Å². The molecule has 2 atom stereocenters. The molecule has 2 aliphatic heterocycles. The molecule has 5 nitrogen and oxygen atoms in total. The number of carbonyl (C=O) groups is 2. The highest BCUT2D eigenvalue weighted by Crippen LogP contribution is 2.47. The largest absolute Gasteiger partial charge is 0.342 e. The molecule has 1 saturated carbocycles. The van der Waals surface area contributed by atoms with Crippen LogP contribution in [0, 0.1) is 11.3 Å². The monoisotopic (exact) mass is 341 g/mol. The molecule has 1 aromatic heterocycles. The van der Waals surface area contributed by atoms with Crippen molar-refractivity contribution in [2.75, 3.05) is 19.6 Å². The Morgan fingerprint density at radius 1 is 1.32 bits per heavy atom. The zero-order chi connectivity index (χ0) is 17.4. The summed E-state index contributed by atoms with van der Waals surface area (Å²) in [6.07, 6.45) is 7.12. The van der Waals surface area contributed by atoms with Gasteiger partial charge in [-0.15, -0.1) is 0 Å². The van der Waals surface area contributed by atoms with Crippen LogP contribution in [0.1, 0.15) is 44.7 Å². The molecule has 25 heavy (non-hydrogen) atoms. The molecule has 0 aromatic carbocycles. The highest BCUT2D eigenvalue weighted by Gasteiger charge is 2.49. The second-order valence-electron chi connectivity index (χ2n) is 8.12.